The second-order valence-corrected chi connectivity index (χ2v) is 4.78. The molecule has 0 spiro atoms. The summed E-state index contributed by atoms with van der Waals surface area (Å²) in [7, 11) is 1.64. The Morgan fingerprint density at radius 2 is 1.75 bits per heavy atom. The van der Waals surface area contributed by atoms with Gasteiger partial charge in [0, 0.05) is 5.56 Å². The van der Waals surface area contributed by atoms with E-state index >= 15 is 0 Å². The number of methoxy groups -OCH3 is 1. The first-order valence-corrected chi connectivity index (χ1v) is 6.62. The summed E-state index contributed by atoms with van der Waals surface area (Å²) < 4.78 is 5.13. The summed E-state index contributed by atoms with van der Waals surface area (Å²) in [6.07, 6.45) is 0. The van der Waals surface area contributed by atoms with Crippen molar-refractivity contribution in [3.63, 3.8) is 0 Å². The summed E-state index contributed by atoms with van der Waals surface area (Å²) >= 11 is 0. The number of benzene rings is 2. The molecule has 0 bridgehead atoms. The topological polar surface area (TPSA) is 38.3 Å². The largest absolute Gasteiger partial charge is 0.497 e. The van der Waals surface area contributed by atoms with E-state index in [-0.39, 0.29) is 11.9 Å². The SMILES string of the molecule is COc1ccc([C@@H](C)NC(=O)c2ccccc2C)cc1. The van der Waals surface area contributed by atoms with Crippen molar-refractivity contribution in [1.29, 1.82) is 0 Å². The molecule has 0 heterocycles. The lowest BCUT2D eigenvalue weighted by molar-refractivity contribution is 0.0939. The van der Waals surface area contributed by atoms with Crippen molar-refractivity contribution in [2.75, 3.05) is 7.11 Å². The van der Waals surface area contributed by atoms with Gasteiger partial charge in [0.2, 0.25) is 0 Å². The molecule has 2 rings (SSSR count). The lowest BCUT2D eigenvalue weighted by Gasteiger charge is -2.15. The number of ether oxygens (including phenoxy) is 1. The first-order chi connectivity index (χ1) is 9.61. The van der Waals surface area contributed by atoms with E-state index in [2.05, 4.69) is 5.32 Å². The average molecular weight is 269 g/mol. The monoisotopic (exact) mass is 269 g/mol. The molecule has 1 N–H and O–H groups in total. The molecule has 0 radical (unpaired) electrons. The summed E-state index contributed by atoms with van der Waals surface area (Å²) in [6.45, 7) is 3.91. The first-order valence-electron chi connectivity index (χ1n) is 6.62. The summed E-state index contributed by atoms with van der Waals surface area (Å²) in [5.74, 6) is 0.762. The molecule has 0 aliphatic rings. The van der Waals surface area contributed by atoms with Crippen molar-refractivity contribution < 1.29 is 9.53 Å². The van der Waals surface area contributed by atoms with Crippen LogP contribution in [0.5, 0.6) is 5.75 Å². The molecule has 0 aliphatic heterocycles. The predicted molar refractivity (Wildman–Crippen MR) is 80.1 cm³/mol. The van der Waals surface area contributed by atoms with Gasteiger partial charge in [0.05, 0.1) is 13.2 Å². The second kappa shape index (κ2) is 6.24. The normalized spacial score (nSPS) is 11.8. The fourth-order valence-electron chi connectivity index (χ4n) is 2.08. The van der Waals surface area contributed by atoms with Crippen LogP contribution in [0, 0.1) is 6.92 Å². The van der Waals surface area contributed by atoms with Crippen molar-refractivity contribution in [3.05, 3.63) is 65.2 Å². The molecule has 2 aromatic rings. The van der Waals surface area contributed by atoms with E-state index in [1.54, 1.807) is 7.11 Å². The molecule has 3 heteroatoms. The van der Waals surface area contributed by atoms with Gasteiger partial charge in [0.1, 0.15) is 5.75 Å². The van der Waals surface area contributed by atoms with E-state index in [0.717, 1.165) is 16.9 Å². The Balaban J connectivity index is 2.09. The number of carbonyl (C=O) groups excluding carboxylic acids is 1. The minimum absolute atomic E-state index is 0.0481. The van der Waals surface area contributed by atoms with Gasteiger partial charge in [0.25, 0.3) is 5.91 Å². The van der Waals surface area contributed by atoms with Crippen molar-refractivity contribution in [2.24, 2.45) is 0 Å². The highest BCUT2D eigenvalue weighted by atomic mass is 16.5. The highest BCUT2D eigenvalue weighted by molar-refractivity contribution is 5.95. The number of rotatable bonds is 4. The number of hydrogen-bond donors (Lipinski definition) is 1. The van der Waals surface area contributed by atoms with E-state index < -0.39 is 0 Å². The van der Waals surface area contributed by atoms with E-state index in [1.165, 1.54) is 0 Å². The van der Waals surface area contributed by atoms with Crippen molar-refractivity contribution >= 4 is 5.91 Å². The van der Waals surface area contributed by atoms with Gasteiger partial charge in [-0.3, -0.25) is 4.79 Å². The van der Waals surface area contributed by atoms with Crippen molar-refractivity contribution in [1.82, 2.24) is 5.32 Å². The molecule has 2 aromatic carbocycles. The van der Waals surface area contributed by atoms with Gasteiger partial charge in [-0.2, -0.15) is 0 Å². The Bertz CT molecular complexity index is 590. The molecular formula is C17H19NO2. The minimum Gasteiger partial charge on any atom is -0.497 e. The molecule has 0 aliphatic carbocycles. The van der Waals surface area contributed by atoms with E-state index in [0.29, 0.717) is 5.56 Å². The van der Waals surface area contributed by atoms with Crippen LogP contribution in [0.4, 0.5) is 0 Å². The third-order valence-corrected chi connectivity index (χ3v) is 3.35. The maximum absolute atomic E-state index is 12.2. The Kier molecular flexibility index (Phi) is 4.41. The zero-order chi connectivity index (χ0) is 14.5. The van der Waals surface area contributed by atoms with Crippen molar-refractivity contribution in [2.45, 2.75) is 19.9 Å². The standard InChI is InChI=1S/C17H19NO2/c1-12-6-4-5-7-16(12)17(19)18-13(2)14-8-10-15(20-3)11-9-14/h4-11,13H,1-3H3,(H,18,19)/t13-/m1/s1. The van der Waals surface area contributed by atoms with Crippen molar-refractivity contribution in [3.8, 4) is 5.75 Å². The van der Waals surface area contributed by atoms with Crippen LogP contribution in [0.15, 0.2) is 48.5 Å². The third kappa shape index (κ3) is 3.18. The number of nitrogens with one attached hydrogen (secondary N) is 1. The van der Waals surface area contributed by atoms with Gasteiger partial charge in [0.15, 0.2) is 0 Å². The van der Waals surface area contributed by atoms with Crippen LogP contribution in [-0.4, -0.2) is 13.0 Å². The van der Waals surface area contributed by atoms with Crippen LogP contribution in [0.1, 0.15) is 34.5 Å². The smallest absolute Gasteiger partial charge is 0.252 e. The van der Waals surface area contributed by atoms with Crippen LogP contribution < -0.4 is 10.1 Å². The Morgan fingerprint density at radius 1 is 1.10 bits per heavy atom. The van der Waals surface area contributed by atoms with E-state index in [4.69, 9.17) is 4.74 Å². The van der Waals surface area contributed by atoms with Crippen LogP contribution >= 0.6 is 0 Å². The lowest BCUT2D eigenvalue weighted by Crippen LogP contribution is -2.27. The lowest BCUT2D eigenvalue weighted by atomic mass is 10.1. The summed E-state index contributed by atoms with van der Waals surface area (Å²) in [5.41, 5.74) is 2.74. The van der Waals surface area contributed by atoms with Crippen LogP contribution in [0.2, 0.25) is 0 Å². The maximum atomic E-state index is 12.2. The molecule has 0 fully saturated rings. The minimum atomic E-state index is -0.0496. The molecule has 0 saturated carbocycles. The van der Waals surface area contributed by atoms with Crippen LogP contribution in [0.3, 0.4) is 0 Å². The molecule has 1 amide bonds. The van der Waals surface area contributed by atoms with Crippen LogP contribution in [-0.2, 0) is 0 Å². The molecule has 0 unspecified atom stereocenters. The quantitative estimate of drug-likeness (QED) is 0.922. The van der Waals surface area contributed by atoms with E-state index in [1.807, 2.05) is 62.4 Å². The maximum Gasteiger partial charge on any atom is 0.252 e. The number of hydrogen-bond acceptors (Lipinski definition) is 2. The molecule has 0 aromatic heterocycles. The number of amides is 1. The van der Waals surface area contributed by atoms with Gasteiger partial charge < -0.3 is 10.1 Å². The third-order valence-electron chi connectivity index (χ3n) is 3.35. The van der Waals surface area contributed by atoms with Gasteiger partial charge in [-0.05, 0) is 43.2 Å². The highest BCUT2D eigenvalue weighted by Crippen LogP contribution is 2.18. The fourth-order valence-corrected chi connectivity index (χ4v) is 2.08. The number of carbonyl (C=O) groups is 1. The Hall–Kier alpha value is -2.29. The zero-order valence-corrected chi connectivity index (χ0v) is 12.0. The first kappa shape index (κ1) is 14.1. The van der Waals surface area contributed by atoms with Crippen LogP contribution in [0.25, 0.3) is 0 Å². The second-order valence-electron chi connectivity index (χ2n) is 4.78. The predicted octanol–water partition coefficient (Wildman–Crippen LogP) is 3.49. The summed E-state index contributed by atoms with van der Waals surface area (Å²) in [6, 6.07) is 15.2. The summed E-state index contributed by atoms with van der Waals surface area (Å²) in [5, 5.41) is 3.01. The van der Waals surface area contributed by atoms with Gasteiger partial charge in [-0.25, -0.2) is 0 Å². The number of aryl methyl sites for hydroxylation is 1. The average Bonchev–Trinajstić information content (AvgIpc) is 2.47. The van der Waals surface area contributed by atoms with Gasteiger partial charge in [-0.15, -0.1) is 0 Å². The molecule has 0 saturated heterocycles. The van der Waals surface area contributed by atoms with E-state index in [9.17, 15) is 4.79 Å². The molecule has 104 valence electrons. The molecule has 20 heavy (non-hydrogen) atoms. The highest BCUT2D eigenvalue weighted by Gasteiger charge is 2.12. The molecule has 3 nitrogen and oxygen atoms in total. The fraction of sp³-hybridized carbons (Fsp3) is 0.235. The molecule has 1 atom stereocenters. The zero-order valence-electron chi connectivity index (χ0n) is 12.0. The molecular weight excluding hydrogens is 250 g/mol. The van der Waals surface area contributed by atoms with Gasteiger partial charge in [-0.1, -0.05) is 30.3 Å². The summed E-state index contributed by atoms with van der Waals surface area (Å²) in [4.78, 5) is 12.2. The van der Waals surface area contributed by atoms with Gasteiger partial charge >= 0.3 is 0 Å². The Labute approximate surface area is 119 Å². The Morgan fingerprint density at radius 3 is 2.35 bits per heavy atom.